The lowest BCUT2D eigenvalue weighted by molar-refractivity contribution is -0.136. The molecule has 9 heteroatoms. The molecule has 1 aliphatic heterocycles. The van der Waals surface area contributed by atoms with Crippen molar-refractivity contribution in [2.24, 2.45) is 0 Å². The summed E-state index contributed by atoms with van der Waals surface area (Å²) in [6, 6.07) is 17.6. The average molecular weight is 505 g/mol. The van der Waals surface area contributed by atoms with Crippen molar-refractivity contribution in [3.8, 4) is 11.4 Å². The number of fused-ring (bicyclic) bond motifs is 5. The molecular weight excluding hydrogens is 480 g/mol. The van der Waals surface area contributed by atoms with Crippen molar-refractivity contribution in [3.63, 3.8) is 0 Å². The molecule has 0 unspecified atom stereocenters. The molecule has 0 amide bonds. The minimum Gasteiger partial charge on any atom is -0.466 e. The third kappa shape index (κ3) is 3.63. The molecule has 4 aromatic rings. The Balaban J connectivity index is 1.79. The van der Waals surface area contributed by atoms with Crippen LogP contribution >= 0.6 is 0 Å². The van der Waals surface area contributed by atoms with Gasteiger partial charge in [-0.3, -0.25) is 0 Å². The molecule has 0 radical (unpaired) electrons. The molecular formula is C27H24N2O6S. The van der Waals surface area contributed by atoms with Crippen LogP contribution in [0, 0.1) is 6.92 Å². The van der Waals surface area contributed by atoms with E-state index in [9.17, 15) is 18.0 Å². The topological polar surface area (TPSA) is 96.6 Å². The van der Waals surface area contributed by atoms with Crippen LogP contribution in [0.25, 0.3) is 27.9 Å². The lowest BCUT2D eigenvalue weighted by atomic mass is 10.0. The number of aryl methyl sites for hydroxylation is 2. The van der Waals surface area contributed by atoms with Gasteiger partial charge in [0.25, 0.3) is 10.0 Å². The minimum atomic E-state index is -3.96. The van der Waals surface area contributed by atoms with E-state index in [0.717, 1.165) is 22.6 Å². The van der Waals surface area contributed by atoms with Gasteiger partial charge in [-0.15, -0.1) is 0 Å². The Labute approximate surface area is 208 Å². The molecule has 0 aliphatic carbocycles. The van der Waals surface area contributed by atoms with Gasteiger partial charge in [0.2, 0.25) is 0 Å². The van der Waals surface area contributed by atoms with Crippen molar-refractivity contribution in [2.75, 3.05) is 14.2 Å². The number of hydrogen-bond donors (Lipinski definition) is 0. The summed E-state index contributed by atoms with van der Waals surface area (Å²) < 4.78 is 40.8. The highest BCUT2D eigenvalue weighted by Gasteiger charge is 2.33. The summed E-state index contributed by atoms with van der Waals surface area (Å²) in [5.41, 5.74) is 4.09. The van der Waals surface area contributed by atoms with Crippen molar-refractivity contribution in [1.82, 2.24) is 8.54 Å². The average Bonchev–Trinajstić information content (AvgIpc) is 3.46. The molecule has 36 heavy (non-hydrogen) atoms. The maximum Gasteiger partial charge on any atom is 0.340 e. The SMILES string of the molecule is COC(=O)/C=C(\C(=O)OC)c1ccc2n1CCc1c-2n(S(=O)(=O)c2ccc(C)cc2)c2ccccc12. The Morgan fingerprint density at radius 1 is 0.944 bits per heavy atom. The first kappa shape index (κ1) is 23.6. The van der Waals surface area contributed by atoms with Crippen molar-refractivity contribution >= 4 is 38.4 Å². The first-order valence-electron chi connectivity index (χ1n) is 11.3. The second kappa shape index (κ2) is 8.83. The van der Waals surface area contributed by atoms with Gasteiger partial charge in [0.05, 0.1) is 47.3 Å². The zero-order valence-electron chi connectivity index (χ0n) is 20.0. The number of nitrogens with zero attached hydrogens (tertiary/aromatic N) is 2. The fraction of sp³-hybridized carbons (Fsp3) is 0.185. The number of methoxy groups -OCH3 is 2. The predicted molar refractivity (Wildman–Crippen MR) is 135 cm³/mol. The predicted octanol–water partition coefficient (Wildman–Crippen LogP) is 3.94. The molecule has 0 fully saturated rings. The zero-order chi connectivity index (χ0) is 25.6. The van der Waals surface area contributed by atoms with Crippen LogP contribution in [0.5, 0.6) is 0 Å². The molecule has 0 spiro atoms. The summed E-state index contributed by atoms with van der Waals surface area (Å²) in [6.45, 7) is 2.39. The largest absolute Gasteiger partial charge is 0.466 e. The van der Waals surface area contributed by atoms with Gasteiger partial charge in [0, 0.05) is 18.0 Å². The van der Waals surface area contributed by atoms with Crippen LogP contribution < -0.4 is 0 Å². The van der Waals surface area contributed by atoms with Crippen LogP contribution in [0.4, 0.5) is 0 Å². The quantitative estimate of drug-likeness (QED) is 0.302. The van der Waals surface area contributed by atoms with E-state index in [0.29, 0.717) is 35.6 Å². The van der Waals surface area contributed by atoms with E-state index in [-0.39, 0.29) is 10.5 Å². The molecule has 2 aromatic carbocycles. The van der Waals surface area contributed by atoms with Crippen LogP contribution in [0.15, 0.2) is 71.6 Å². The molecule has 5 rings (SSSR count). The van der Waals surface area contributed by atoms with Crippen LogP contribution in [0.2, 0.25) is 0 Å². The number of carbonyl (C=O) groups is 2. The Kier molecular flexibility index (Phi) is 5.80. The Hall–Kier alpha value is -4.11. The number of hydrogen-bond acceptors (Lipinski definition) is 6. The standard InChI is InChI=1S/C27H24N2O6S/c1-17-8-10-18(11-9-17)36(32,33)29-23-7-5-4-6-19(23)20-14-15-28-22(12-13-24(28)26(20)29)21(27(31)35-3)16-25(30)34-2/h4-13,16H,14-15H2,1-3H3/b21-16-. The highest BCUT2D eigenvalue weighted by molar-refractivity contribution is 7.90. The number of para-hydroxylation sites is 1. The molecule has 3 heterocycles. The molecule has 0 bridgehead atoms. The van der Waals surface area contributed by atoms with E-state index in [4.69, 9.17) is 9.47 Å². The van der Waals surface area contributed by atoms with Crippen molar-refractivity contribution in [3.05, 3.63) is 83.6 Å². The van der Waals surface area contributed by atoms with Crippen molar-refractivity contribution < 1.29 is 27.5 Å². The van der Waals surface area contributed by atoms with Crippen LogP contribution in [-0.4, -0.2) is 43.1 Å². The van der Waals surface area contributed by atoms with Crippen LogP contribution in [0.3, 0.4) is 0 Å². The van der Waals surface area contributed by atoms with Gasteiger partial charge in [-0.1, -0.05) is 35.9 Å². The van der Waals surface area contributed by atoms with E-state index in [1.807, 2.05) is 29.7 Å². The summed E-state index contributed by atoms with van der Waals surface area (Å²) in [4.78, 5) is 24.7. The normalized spacial score (nSPS) is 13.2. The molecule has 0 N–H and O–H groups in total. The number of rotatable bonds is 5. The number of benzene rings is 2. The van der Waals surface area contributed by atoms with Gasteiger partial charge in [0.15, 0.2) is 0 Å². The third-order valence-corrected chi connectivity index (χ3v) is 8.18. The number of carbonyl (C=O) groups excluding carboxylic acids is 2. The smallest absolute Gasteiger partial charge is 0.340 e. The van der Waals surface area contributed by atoms with Gasteiger partial charge in [-0.2, -0.15) is 0 Å². The molecule has 0 saturated carbocycles. The van der Waals surface area contributed by atoms with Gasteiger partial charge >= 0.3 is 11.9 Å². The molecule has 0 atom stereocenters. The highest BCUT2D eigenvalue weighted by Crippen LogP contribution is 2.41. The molecule has 1 aliphatic rings. The fourth-order valence-electron chi connectivity index (χ4n) is 4.75. The summed E-state index contributed by atoms with van der Waals surface area (Å²) in [5, 5.41) is 0.857. The van der Waals surface area contributed by atoms with E-state index >= 15 is 0 Å². The Bertz CT molecular complexity index is 1660. The van der Waals surface area contributed by atoms with Gasteiger partial charge in [-0.05, 0) is 49.2 Å². The van der Waals surface area contributed by atoms with Crippen molar-refractivity contribution in [1.29, 1.82) is 0 Å². The van der Waals surface area contributed by atoms with E-state index in [1.165, 1.54) is 18.2 Å². The second-order valence-electron chi connectivity index (χ2n) is 8.51. The monoisotopic (exact) mass is 504 g/mol. The van der Waals surface area contributed by atoms with Crippen molar-refractivity contribution in [2.45, 2.75) is 24.8 Å². The number of ether oxygens (including phenoxy) is 2. The molecule has 2 aromatic heterocycles. The maximum absolute atomic E-state index is 14.0. The highest BCUT2D eigenvalue weighted by atomic mass is 32.2. The number of aromatic nitrogens is 2. The minimum absolute atomic E-state index is 0.0307. The summed E-state index contributed by atoms with van der Waals surface area (Å²) in [6.07, 6.45) is 1.62. The first-order valence-corrected chi connectivity index (χ1v) is 12.7. The van der Waals surface area contributed by atoms with E-state index in [1.54, 1.807) is 42.5 Å². The van der Waals surface area contributed by atoms with Gasteiger partial charge < -0.3 is 14.0 Å². The lowest BCUT2D eigenvalue weighted by Crippen LogP contribution is -2.20. The summed E-state index contributed by atoms with van der Waals surface area (Å²) in [5.74, 6) is -1.39. The number of esters is 2. The van der Waals surface area contributed by atoms with E-state index < -0.39 is 22.0 Å². The maximum atomic E-state index is 14.0. The van der Waals surface area contributed by atoms with Gasteiger partial charge in [-0.25, -0.2) is 22.0 Å². The van der Waals surface area contributed by atoms with Crippen LogP contribution in [-0.2, 0) is 42.1 Å². The second-order valence-corrected chi connectivity index (χ2v) is 10.3. The first-order chi connectivity index (χ1) is 17.3. The van der Waals surface area contributed by atoms with Crippen LogP contribution in [0.1, 0.15) is 16.8 Å². The van der Waals surface area contributed by atoms with Gasteiger partial charge in [0.1, 0.15) is 0 Å². The Morgan fingerprint density at radius 2 is 1.67 bits per heavy atom. The lowest BCUT2D eigenvalue weighted by Gasteiger charge is -2.22. The summed E-state index contributed by atoms with van der Waals surface area (Å²) in [7, 11) is -1.50. The van der Waals surface area contributed by atoms with E-state index in [2.05, 4.69) is 0 Å². The molecule has 184 valence electrons. The third-order valence-electron chi connectivity index (χ3n) is 6.45. The zero-order valence-corrected chi connectivity index (χ0v) is 20.8. The molecule has 0 saturated heterocycles. The Morgan fingerprint density at radius 3 is 2.36 bits per heavy atom. The fourth-order valence-corrected chi connectivity index (χ4v) is 6.30. The molecule has 8 nitrogen and oxygen atoms in total. The summed E-state index contributed by atoms with van der Waals surface area (Å²) >= 11 is 0.